The molecule has 1 aliphatic heterocycles. The van der Waals surface area contributed by atoms with E-state index in [0.717, 1.165) is 25.9 Å². The Balaban J connectivity index is 1.95. The highest BCUT2D eigenvalue weighted by Crippen LogP contribution is 2.24. The Kier molecular flexibility index (Phi) is 4.79. The molecule has 0 spiro atoms. The van der Waals surface area contributed by atoms with Crippen LogP contribution in [0.3, 0.4) is 0 Å². The largest absolute Gasteiger partial charge is 0.397 e. The van der Waals surface area contributed by atoms with Crippen LogP contribution in [0.25, 0.3) is 0 Å². The fourth-order valence-corrected chi connectivity index (χ4v) is 2.87. The van der Waals surface area contributed by atoms with Crippen molar-refractivity contribution in [3.8, 4) is 0 Å². The first-order valence-corrected chi connectivity index (χ1v) is 7.76. The van der Waals surface area contributed by atoms with Crippen LogP contribution in [-0.4, -0.2) is 35.5 Å². The summed E-state index contributed by atoms with van der Waals surface area (Å²) < 4.78 is 0. The second kappa shape index (κ2) is 6.24. The second-order valence-electron chi connectivity index (χ2n) is 6.61. The standard InChI is InChI=1S/C16H24ClN3O/c1-16(2,3)20-9-7-11(8-10-20)19-15(21)12-5-4-6-13(17)14(12)18/h4-6,11H,7-10,18H2,1-3H3,(H,19,21). The number of halogens is 1. The highest BCUT2D eigenvalue weighted by Gasteiger charge is 2.28. The highest BCUT2D eigenvalue weighted by atomic mass is 35.5. The van der Waals surface area contributed by atoms with Gasteiger partial charge in [-0.25, -0.2) is 0 Å². The number of rotatable bonds is 2. The van der Waals surface area contributed by atoms with E-state index in [4.69, 9.17) is 17.3 Å². The molecule has 4 nitrogen and oxygen atoms in total. The third-order valence-electron chi connectivity index (χ3n) is 4.08. The predicted molar refractivity (Wildman–Crippen MR) is 87.7 cm³/mol. The van der Waals surface area contributed by atoms with Crippen LogP contribution in [0.1, 0.15) is 44.0 Å². The number of nitrogens with zero attached hydrogens (tertiary/aromatic N) is 1. The van der Waals surface area contributed by atoms with E-state index in [1.807, 2.05) is 0 Å². The maximum Gasteiger partial charge on any atom is 0.253 e. The summed E-state index contributed by atoms with van der Waals surface area (Å²) in [6.45, 7) is 8.66. The van der Waals surface area contributed by atoms with Gasteiger partial charge in [-0.1, -0.05) is 17.7 Å². The van der Waals surface area contributed by atoms with E-state index in [2.05, 4.69) is 31.0 Å². The number of hydrogen-bond acceptors (Lipinski definition) is 3. The number of piperidine rings is 1. The fourth-order valence-electron chi connectivity index (χ4n) is 2.69. The molecule has 5 heteroatoms. The van der Waals surface area contributed by atoms with Gasteiger partial charge >= 0.3 is 0 Å². The second-order valence-corrected chi connectivity index (χ2v) is 7.01. The molecule has 1 amide bonds. The molecule has 21 heavy (non-hydrogen) atoms. The average molecular weight is 310 g/mol. The van der Waals surface area contributed by atoms with Crippen molar-refractivity contribution in [1.82, 2.24) is 10.2 Å². The van der Waals surface area contributed by atoms with Gasteiger partial charge in [-0.05, 0) is 45.7 Å². The van der Waals surface area contributed by atoms with Crippen LogP contribution >= 0.6 is 11.6 Å². The Morgan fingerprint density at radius 1 is 1.33 bits per heavy atom. The molecule has 1 aromatic carbocycles. The van der Waals surface area contributed by atoms with Crippen molar-refractivity contribution in [3.63, 3.8) is 0 Å². The predicted octanol–water partition coefficient (Wildman–Crippen LogP) is 2.91. The summed E-state index contributed by atoms with van der Waals surface area (Å²) in [6, 6.07) is 5.35. The lowest BCUT2D eigenvalue weighted by Gasteiger charge is -2.41. The van der Waals surface area contributed by atoms with E-state index in [-0.39, 0.29) is 17.5 Å². The number of amides is 1. The highest BCUT2D eigenvalue weighted by molar-refractivity contribution is 6.33. The van der Waals surface area contributed by atoms with Crippen LogP contribution in [0.5, 0.6) is 0 Å². The normalized spacial score (nSPS) is 17.7. The van der Waals surface area contributed by atoms with Gasteiger partial charge < -0.3 is 11.1 Å². The average Bonchev–Trinajstić information content (AvgIpc) is 2.41. The van der Waals surface area contributed by atoms with Gasteiger partial charge in [-0.15, -0.1) is 0 Å². The van der Waals surface area contributed by atoms with E-state index < -0.39 is 0 Å². The molecule has 0 aromatic heterocycles. The molecule has 1 aromatic rings. The van der Waals surface area contributed by atoms with Gasteiger partial charge in [0.1, 0.15) is 0 Å². The molecule has 1 heterocycles. The molecule has 116 valence electrons. The Morgan fingerprint density at radius 3 is 2.52 bits per heavy atom. The Bertz CT molecular complexity index is 517. The van der Waals surface area contributed by atoms with Crippen LogP contribution in [0.2, 0.25) is 5.02 Å². The molecule has 1 fully saturated rings. The van der Waals surface area contributed by atoms with Gasteiger partial charge in [0.15, 0.2) is 0 Å². The number of carbonyl (C=O) groups is 1. The molecule has 0 unspecified atom stereocenters. The van der Waals surface area contributed by atoms with Crippen molar-refractivity contribution in [1.29, 1.82) is 0 Å². The molecule has 3 N–H and O–H groups in total. The van der Waals surface area contributed by atoms with E-state index in [0.29, 0.717) is 16.3 Å². The van der Waals surface area contributed by atoms with Crippen molar-refractivity contribution in [2.45, 2.75) is 45.2 Å². The van der Waals surface area contributed by atoms with Gasteiger partial charge in [-0.2, -0.15) is 0 Å². The molecule has 0 bridgehead atoms. The summed E-state index contributed by atoms with van der Waals surface area (Å²) in [5.41, 5.74) is 6.86. The van der Waals surface area contributed by atoms with Gasteiger partial charge in [0.25, 0.3) is 5.91 Å². The minimum absolute atomic E-state index is 0.135. The fraction of sp³-hybridized carbons (Fsp3) is 0.562. The molecule has 0 radical (unpaired) electrons. The van der Waals surface area contributed by atoms with Gasteiger partial charge in [0.2, 0.25) is 0 Å². The summed E-state index contributed by atoms with van der Waals surface area (Å²) >= 11 is 5.96. The van der Waals surface area contributed by atoms with Crippen LogP contribution < -0.4 is 11.1 Å². The lowest BCUT2D eigenvalue weighted by atomic mass is 9.98. The smallest absolute Gasteiger partial charge is 0.253 e. The molecule has 1 aliphatic rings. The first kappa shape index (κ1) is 16.1. The number of hydrogen-bond donors (Lipinski definition) is 2. The number of likely N-dealkylation sites (tertiary alicyclic amines) is 1. The quantitative estimate of drug-likeness (QED) is 0.826. The van der Waals surface area contributed by atoms with Crippen molar-refractivity contribution >= 4 is 23.2 Å². The topological polar surface area (TPSA) is 58.4 Å². The summed E-state index contributed by atoms with van der Waals surface area (Å²) in [5, 5.41) is 3.49. The van der Waals surface area contributed by atoms with Crippen molar-refractivity contribution in [3.05, 3.63) is 28.8 Å². The number of carbonyl (C=O) groups excluding carboxylic acids is 1. The third kappa shape index (κ3) is 3.89. The van der Waals surface area contributed by atoms with E-state index >= 15 is 0 Å². The van der Waals surface area contributed by atoms with Crippen molar-refractivity contribution in [2.24, 2.45) is 0 Å². The molecular formula is C16H24ClN3O. The summed E-state index contributed by atoms with van der Waals surface area (Å²) in [5.74, 6) is -0.135. The number of benzene rings is 1. The number of nitrogens with two attached hydrogens (primary N) is 1. The number of nitrogen functional groups attached to an aromatic ring is 1. The molecule has 0 atom stereocenters. The van der Waals surface area contributed by atoms with Crippen LogP contribution in [0.15, 0.2) is 18.2 Å². The number of para-hydroxylation sites is 1. The lowest BCUT2D eigenvalue weighted by molar-refractivity contribution is 0.0813. The minimum atomic E-state index is -0.135. The summed E-state index contributed by atoms with van der Waals surface area (Å²) in [6.07, 6.45) is 1.92. The monoisotopic (exact) mass is 309 g/mol. The van der Waals surface area contributed by atoms with E-state index in [1.54, 1.807) is 18.2 Å². The first-order valence-electron chi connectivity index (χ1n) is 7.39. The van der Waals surface area contributed by atoms with Crippen molar-refractivity contribution in [2.75, 3.05) is 18.8 Å². The first-order chi connectivity index (χ1) is 9.79. The Morgan fingerprint density at radius 2 is 1.95 bits per heavy atom. The minimum Gasteiger partial charge on any atom is -0.397 e. The zero-order valence-electron chi connectivity index (χ0n) is 12.9. The summed E-state index contributed by atoms with van der Waals surface area (Å²) in [7, 11) is 0. The maximum atomic E-state index is 12.3. The molecule has 1 saturated heterocycles. The zero-order valence-corrected chi connectivity index (χ0v) is 13.7. The van der Waals surface area contributed by atoms with Crippen LogP contribution in [-0.2, 0) is 0 Å². The molecular weight excluding hydrogens is 286 g/mol. The molecule has 2 rings (SSSR count). The van der Waals surface area contributed by atoms with Gasteiger partial charge in [0, 0.05) is 24.7 Å². The van der Waals surface area contributed by atoms with Crippen molar-refractivity contribution < 1.29 is 4.79 Å². The van der Waals surface area contributed by atoms with E-state index in [9.17, 15) is 4.79 Å². The Labute approximate surface area is 131 Å². The van der Waals surface area contributed by atoms with Gasteiger partial charge in [-0.3, -0.25) is 9.69 Å². The lowest BCUT2D eigenvalue weighted by Crippen LogP contribution is -2.50. The van der Waals surface area contributed by atoms with Crippen LogP contribution in [0, 0.1) is 0 Å². The van der Waals surface area contributed by atoms with Crippen LogP contribution in [0.4, 0.5) is 5.69 Å². The molecule has 0 aliphatic carbocycles. The number of nitrogens with one attached hydrogen (secondary N) is 1. The zero-order chi connectivity index (χ0) is 15.6. The maximum absolute atomic E-state index is 12.3. The Hall–Kier alpha value is -1.26. The third-order valence-corrected chi connectivity index (χ3v) is 4.41. The number of anilines is 1. The molecule has 0 saturated carbocycles. The summed E-state index contributed by atoms with van der Waals surface area (Å²) in [4.78, 5) is 14.7. The van der Waals surface area contributed by atoms with Gasteiger partial charge in [0.05, 0.1) is 16.3 Å². The SMILES string of the molecule is CC(C)(C)N1CCC(NC(=O)c2cccc(Cl)c2N)CC1. The van der Waals surface area contributed by atoms with E-state index in [1.165, 1.54) is 0 Å².